The molecule has 3 heterocycles. The molecular formula is C34H50BBrN4O4. The van der Waals surface area contributed by atoms with Gasteiger partial charge in [0, 0.05) is 82.1 Å². The first kappa shape index (κ1) is 34.3. The van der Waals surface area contributed by atoms with Crippen LogP contribution in [0, 0.1) is 0 Å². The van der Waals surface area contributed by atoms with Crippen molar-refractivity contribution in [2.75, 3.05) is 50.1 Å². The highest BCUT2D eigenvalue weighted by Crippen LogP contribution is 2.36. The lowest BCUT2D eigenvalue weighted by Crippen LogP contribution is -2.45. The summed E-state index contributed by atoms with van der Waals surface area (Å²) in [7, 11) is 3.48. The molecule has 0 spiro atoms. The molecule has 10 heteroatoms. The molecule has 8 nitrogen and oxygen atoms in total. The van der Waals surface area contributed by atoms with Crippen LogP contribution in [-0.4, -0.2) is 92.3 Å². The van der Waals surface area contributed by atoms with Crippen LogP contribution >= 0.6 is 15.9 Å². The second-order valence-corrected chi connectivity index (χ2v) is 14.3. The summed E-state index contributed by atoms with van der Waals surface area (Å²) >= 11 is 3.50. The summed E-state index contributed by atoms with van der Waals surface area (Å²) in [5, 5.41) is 0. The van der Waals surface area contributed by atoms with E-state index in [2.05, 4.69) is 95.9 Å². The lowest BCUT2D eigenvalue weighted by atomic mass is 9.79. The number of rotatable bonds is 5. The quantitative estimate of drug-likeness (QED) is 0.402. The Morgan fingerprint density at radius 2 is 1.16 bits per heavy atom. The molecule has 3 aliphatic heterocycles. The van der Waals surface area contributed by atoms with Crippen molar-refractivity contribution >= 4 is 51.7 Å². The molecule has 0 atom stereocenters. The van der Waals surface area contributed by atoms with Gasteiger partial charge in [-0.1, -0.05) is 34.1 Å². The summed E-state index contributed by atoms with van der Waals surface area (Å²) in [6.45, 7) is 15.5. The summed E-state index contributed by atoms with van der Waals surface area (Å²) in [6.07, 6.45) is 4.08. The van der Waals surface area contributed by atoms with E-state index >= 15 is 0 Å². The topological polar surface area (TPSA) is 65.6 Å². The maximum Gasteiger partial charge on any atom is 0.494 e. The smallest absolute Gasteiger partial charge is 0.399 e. The zero-order chi connectivity index (χ0) is 32.2. The Kier molecular flexibility index (Phi) is 11.1. The number of piperidine rings is 2. The Morgan fingerprint density at radius 1 is 0.750 bits per heavy atom. The van der Waals surface area contributed by atoms with E-state index in [1.807, 2.05) is 30.0 Å². The predicted molar refractivity (Wildman–Crippen MR) is 184 cm³/mol. The van der Waals surface area contributed by atoms with Gasteiger partial charge in [-0.2, -0.15) is 0 Å². The van der Waals surface area contributed by atoms with E-state index in [4.69, 9.17) is 9.31 Å². The number of nitrogens with zero attached hydrogens (tertiary/aromatic N) is 4. The summed E-state index contributed by atoms with van der Waals surface area (Å²) < 4.78 is 13.5. The molecule has 0 radical (unpaired) electrons. The Balaban J connectivity index is 0.000000215. The Bertz CT molecular complexity index is 1280. The van der Waals surface area contributed by atoms with Crippen LogP contribution < -0.4 is 15.3 Å². The highest BCUT2D eigenvalue weighted by Gasteiger charge is 2.51. The van der Waals surface area contributed by atoms with Crippen molar-refractivity contribution in [2.24, 2.45) is 0 Å². The Morgan fingerprint density at radius 3 is 1.57 bits per heavy atom. The molecule has 3 saturated heterocycles. The van der Waals surface area contributed by atoms with E-state index < -0.39 is 0 Å². The Hall–Kier alpha value is -2.56. The second-order valence-electron chi connectivity index (χ2n) is 13.4. The SMILES string of the molecule is CC(=O)N(C)C1CCN(c2cccc(B3OC(C)(C)C(C)(C)O3)c2)CC1.CC(=O)N(C)C1CCN(c2cccc(Br)c2)CC1. The number of halogens is 1. The minimum atomic E-state index is -0.332. The van der Waals surface area contributed by atoms with E-state index in [-0.39, 0.29) is 30.1 Å². The third-order valence-corrected chi connectivity index (χ3v) is 10.4. The fourth-order valence-corrected chi connectivity index (χ4v) is 6.44. The van der Waals surface area contributed by atoms with E-state index in [1.165, 1.54) is 11.4 Å². The molecule has 3 fully saturated rings. The molecule has 5 rings (SSSR count). The average Bonchev–Trinajstić information content (AvgIpc) is 3.23. The molecule has 0 aromatic heterocycles. The molecule has 2 amide bonds. The van der Waals surface area contributed by atoms with Crippen molar-refractivity contribution in [3.05, 3.63) is 53.0 Å². The fourth-order valence-electron chi connectivity index (χ4n) is 6.06. The van der Waals surface area contributed by atoms with Crippen LogP contribution in [-0.2, 0) is 18.9 Å². The minimum Gasteiger partial charge on any atom is -0.399 e. The number of amides is 2. The van der Waals surface area contributed by atoms with Crippen molar-refractivity contribution in [3.63, 3.8) is 0 Å². The van der Waals surface area contributed by atoms with Crippen LogP contribution in [0.5, 0.6) is 0 Å². The van der Waals surface area contributed by atoms with Crippen LogP contribution in [0.1, 0.15) is 67.2 Å². The van der Waals surface area contributed by atoms with E-state index in [9.17, 15) is 9.59 Å². The van der Waals surface area contributed by atoms with Crippen molar-refractivity contribution in [1.82, 2.24) is 9.80 Å². The number of hydrogen-bond acceptors (Lipinski definition) is 6. The van der Waals surface area contributed by atoms with Crippen molar-refractivity contribution in [2.45, 2.75) is 90.5 Å². The zero-order valence-electron chi connectivity index (χ0n) is 27.8. The number of carbonyl (C=O) groups excluding carboxylic acids is 2. The second kappa shape index (κ2) is 14.3. The maximum atomic E-state index is 11.6. The molecule has 2 aromatic rings. The van der Waals surface area contributed by atoms with Crippen molar-refractivity contribution in [1.29, 1.82) is 0 Å². The summed E-state index contributed by atoms with van der Waals surface area (Å²) in [5.41, 5.74) is 2.85. The zero-order valence-corrected chi connectivity index (χ0v) is 29.4. The third kappa shape index (κ3) is 8.18. The summed E-state index contributed by atoms with van der Waals surface area (Å²) in [5.74, 6) is 0.308. The standard InChI is InChI=1S/C20H31BN2O3.C14H19BrN2O/c1-15(24)22(6)17-10-12-23(13-11-17)18-9-7-8-16(14-18)21-25-19(2,3)20(4,5)26-21;1-11(18)16(2)13-6-8-17(9-7-13)14-5-3-4-12(15)10-14/h7-9,14,17H,10-13H2,1-6H3;3-5,10,13H,6-9H2,1-2H3. The average molecular weight is 670 g/mol. The van der Waals surface area contributed by atoms with Gasteiger partial charge in [-0.15, -0.1) is 0 Å². The molecule has 44 heavy (non-hydrogen) atoms. The van der Waals surface area contributed by atoms with E-state index in [0.717, 1.165) is 61.8 Å². The van der Waals surface area contributed by atoms with Gasteiger partial charge >= 0.3 is 7.12 Å². The van der Waals surface area contributed by atoms with Gasteiger partial charge in [-0.05, 0) is 89.2 Å². The third-order valence-electron chi connectivity index (χ3n) is 9.95. The van der Waals surface area contributed by atoms with Crippen LogP contribution in [0.15, 0.2) is 53.0 Å². The molecule has 0 saturated carbocycles. The van der Waals surface area contributed by atoms with Crippen LogP contribution in [0.2, 0.25) is 0 Å². The first-order valence-electron chi connectivity index (χ1n) is 15.9. The normalized spacial score (nSPS) is 20.2. The van der Waals surface area contributed by atoms with Crippen LogP contribution in [0.4, 0.5) is 11.4 Å². The lowest BCUT2D eigenvalue weighted by Gasteiger charge is -2.37. The van der Waals surface area contributed by atoms with Crippen molar-refractivity contribution in [3.8, 4) is 0 Å². The summed E-state index contributed by atoms with van der Waals surface area (Å²) in [4.78, 5) is 31.4. The lowest BCUT2D eigenvalue weighted by molar-refractivity contribution is -0.130. The minimum absolute atomic E-state index is 0.145. The number of anilines is 2. The predicted octanol–water partition coefficient (Wildman–Crippen LogP) is 5.33. The molecule has 240 valence electrons. The molecule has 3 aliphatic rings. The first-order chi connectivity index (χ1) is 20.7. The van der Waals surface area contributed by atoms with Crippen LogP contribution in [0.3, 0.4) is 0 Å². The van der Waals surface area contributed by atoms with Gasteiger partial charge < -0.3 is 28.9 Å². The van der Waals surface area contributed by atoms with Gasteiger partial charge in [-0.3, -0.25) is 9.59 Å². The van der Waals surface area contributed by atoms with Gasteiger partial charge in [0.25, 0.3) is 0 Å². The highest BCUT2D eigenvalue weighted by molar-refractivity contribution is 9.10. The van der Waals surface area contributed by atoms with E-state index in [0.29, 0.717) is 12.1 Å². The van der Waals surface area contributed by atoms with Crippen LogP contribution in [0.25, 0.3) is 0 Å². The highest BCUT2D eigenvalue weighted by atomic mass is 79.9. The maximum absolute atomic E-state index is 11.6. The number of benzene rings is 2. The molecular weight excluding hydrogens is 619 g/mol. The largest absolute Gasteiger partial charge is 0.494 e. The van der Waals surface area contributed by atoms with Gasteiger partial charge in [0.2, 0.25) is 11.8 Å². The Labute approximate surface area is 273 Å². The summed E-state index contributed by atoms with van der Waals surface area (Å²) in [6, 6.07) is 17.6. The molecule has 0 unspecified atom stereocenters. The molecule has 0 N–H and O–H groups in total. The molecule has 0 bridgehead atoms. The fraction of sp³-hybridized carbons (Fsp3) is 0.588. The van der Waals surface area contributed by atoms with E-state index in [1.54, 1.807) is 13.8 Å². The number of hydrogen-bond donors (Lipinski definition) is 0. The van der Waals surface area contributed by atoms with Gasteiger partial charge in [0.05, 0.1) is 11.2 Å². The molecule has 0 aliphatic carbocycles. The first-order valence-corrected chi connectivity index (χ1v) is 16.7. The monoisotopic (exact) mass is 668 g/mol. The van der Waals surface area contributed by atoms with Gasteiger partial charge in [-0.25, -0.2) is 0 Å². The van der Waals surface area contributed by atoms with Gasteiger partial charge in [0.15, 0.2) is 0 Å². The van der Waals surface area contributed by atoms with Crippen molar-refractivity contribution < 1.29 is 18.9 Å². The van der Waals surface area contributed by atoms with Gasteiger partial charge in [0.1, 0.15) is 0 Å². The molecule has 2 aromatic carbocycles. The number of carbonyl (C=O) groups is 2.